The number of aryl methyl sites for hydroxylation is 6. The molecule has 4 heteroatoms. The molecule has 0 bridgehead atoms. The van der Waals surface area contributed by atoms with Crippen molar-refractivity contribution in [3.8, 4) is 5.75 Å². The zero-order chi connectivity index (χ0) is 20.7. The predicted octanol–water partition coefficient (Wildman–Crippen LogP) is 4.85. The van der Waals surface area contributed by atoms with Gasteiger partial charge in [-0.1, -0.05) is 0 Å². The average Bonchev–Trinajstić information content (AvgIpc) is 2.58. The normalized spacial score (nSPS) is 13.1. The molecule has 3 rings (SSSR count). The van der Waals surface area contributed by atoms with Gasteiger partial charge in [-0.25, -0.2) is 0 Å². The molecule has 0 spiro atoms. The van der Waals surface area contributed by atoms with E-state index in [-0.39, 0.29) is 0 Å². The van der Waals surface area contributed by atoms with Crippen molar-refractivity contribution in [3.05, 3.63) is 88.0 Å². The quantitative estimate of drug-likeness (QED) is 0.620. The third-order valence-corrected chi connectivity index (χ3v) is 8.91. The molecule has 0 fully saturated rings. The average molecular weight is 396 g/mol. The van der Waals surface area contributed by atoms with Gasteiger partial charge >= 0.3 is 167 Å². The summed E-state index contributed by atoms with van der Waals surface area (Å²) in [7, 11) is -4.99. The Kier molecular flexibility index (Phi) is 5.14. The fourth-order valence-corrected chi connectivity index (χ4v) is 8.08. The van der Waals surface area contributed by atoms with Crippen LogP contribution in [0.5, 0.6) is 5.75 Å². The van der Waals surface area contributed by atoms with Crippen molar-refractivity contribution in [1.29, 1.82) is 0 Å². The summed E-state index contributed by atoms with van der Waals surface area (Å²) in [4.78, 5) is 24.6. The second-order valence-electron chi connectivity index (χ2n) is 7.74. The third kappa shape index (κ3) is 3.24. The van der Waals surface area contributed by atoms with Gasteiger partial charge in [0.25, 0.3) is 0 Å². The Bertz CT molecular complexity index is 937. The number of rotatable bonds is 4. The first-order valence-corrected chi connectivity index (χ1v) is 11.5. The zero-order valence-electron chi connectivity index (χ0n) is 17.4. The summed E-state index contributed by atoms with van der Waals surface area (Å²) in [5.41, 5.74) is 4.95. The molecule has 0 aliphatic rings. The van der Waals surface area contributed by atoms with Crippen LogP contribution in [0.25, 0.3) is 0 Å². The van der Waals surface area contributed by atoms with Crippen LogP contribution in [0.3, 0.4) is 0 Å². The predicted molar refractivity (Wildman–Crippen MR) is 119 cm³/mol. The SMILES string of the molecule is Cc1cccc(C)c1OP(O)(O)(c1c(C)cccc1C)c1c(C)cccc1C. The first-order valence-electron chi connectivity index (χ1n) is 9.47. The molecule has 28 heavy (non-hydrogen) atoms. The molecular weight excluding hydrogens is 367 g/mol. The van der Waals surface area contributed by atoms with Crippen molar-refractivity contribution in [2.45, 2.75) is 41.5 Å². The van der Waals surface area contributed by atoms with E-state index in [0.717, 1.165) is 33.4 Å². The molecule has 0 aromatic heterocycles. The Morgan fingerprint density at radius 2 is 0.821 bits per heavy atom. The van der Waals surface area contributed by atoms with Crippen molar-refractivity contribution in [2.75, 3.05) is 0 Å². The van der Waals surface area contributed by atoms with Gasteiger partial charge in [0.15, 0.2) is 0 Å². The summed E-state index contributed by atoms with van der Waals surface area (Å²) in [6.07, 6.45) is 0. The van der Waals surface area contributed by atoms with Gasteiger partial charge in [-0.2, -0.15) is 0 Å². The molecule has 0 atom stereocenters. The van der Waals surface area contributed by atoms with Crippen LogP contribution in [0.4, 0.5) is 0 Å². The van der Waals surface area contributed by atoms with Crippen LogP contribution < -0.4 is 15.1 Å². The van der Waals surface area contributed by atoms with Crippen LogP contribution in [0.15, 0.2) is 54.6 Å². The molecule has 3 aromatic carbocycles. The van der Waals surface area contributed by atoms with Crippen molar-refractivity contribution in [3.63, 3.8) is 0 Å². The number of benzene rings is 3. The van der Waals surface area contributed by atoms with Crippen LogP contribution in [0.2, 0.25) is 0 Å². The maximum absolute atomic E-state index is 12.3. The van der Waals surface area contributed by atoms with E-state index in [9.17, 15) is 9.79 Å². The molecule has 0 amide bonds. The molecule has 0 saturated carbocycles. The Balaban J connectivity index is 2.45. The van der Waals surface area contributed by atoms with Gasteiger partial charge in [-0.3, -0.25) is 0 Å². The first-order chi connectivity index (χ1) is 13.0. The van der Waals surface area contributed by atoms with Crippen molar-refractivity contribution in [1.82, 2.24) is 0 Å². The molecule has 3 aromatic rings. The topological polar surface area (TPSA) is 49.7 Å². The van der Waals surface area contributed by atoms with Crippen LogP contribution in [-0.2, 0) is 0 Å². The van der Waals surface area contributed by atoms with Gasteiger partial charge < -0.3 is 0 Å². The summed E-state index contributed by atoms with van der Waals surface area (Å²) < 4.78 is 6.39. The van der Waals surface area contributed by atoms with E-state index in [2.05, 4.69) is 0 Å². The molecule has 2 N–H and O–H groups in total. The zero-order valence-corrected chi connectivity index (χ0v) is 18.3. The monoisotopic (exact) mass is 396 g/mol. The Labute approximate surface area is 167 Å². The number of hydrogen-bond acceptors (Lipinski definition) is 3. The van der Waals surface area contributed by atoms with E-state index in [1.807, 2.05) is 96.1 Å². The summed E-state index contributed by atoms with van der Waals surface area (Å²) in [6, 6.07) is 17.2. The molecule has 0 aliphatic heterocycles. The van der Waals surface area contributed by atoms with Gasteiger partial charge in [0.2, 0.25) is 0 Å². The molecule has 0 heterocycles. The summed E-state index contributed by atoms with van der Waals surface area (Å²) >= 11 is 0. The minimum atomic E-state index is -4.99. The summed E-state index contributed by atoms with van der Waals surface area (Å²) in [5.74, 6) is 0.524. The third-order valence-electron chi connectivity index (χ3n) is 5.36. The second kappa shape index (κ2) is 7.00. The molecule has 0 aliphatic carbocycles. The van der Waals surface area contributed by atoms with Crippen LogP contribution in [-0.4, -0.2) is 9.79 Å². The van der Waals surface area contributed by atoms with E-state index in [4.69, 9.17) is 4.52 Å². The van der Waals surface area contributed by atoms with Crippen LogP contribution in [0.1, 0.15) is 33.4 Å². The molecule has 0 unspecified atom stereocenters. The molecule has 148 valence electrons. The summed E-state index contributed by atoms with van der Waals surface area (Å²) in [5, 5.41) is 0.960. The van der Waals surface area contributed by atoms with Crippen molar-refractivity contribution >= 4 is 17.9 Å². The number of hydrogen-bond donors (Lipinski definition) is 2. The molecule has 0 radical (unpaired) electrons. The first kappa shape index (κ1) is 20.5. The van der Waals surface area contributed by atoms with E-state index >= 15 is 0 Å². The Hall–Kier alpha value is -2.19. The summed E-state index contributed by atoms with van der Waals surface area (Å²) in [6.45, 7) is 11.5. The van der Waals surface area contributed by atoms with E-state index < -0.39 is 7.28 Å². The van der Waals surface area contributed by atoms with Gasteiger partial charge in [0.05, 0.1) is 0 Å². The molecule has 0 saturated heterocycles. The van der Waals surface area contributed by atoms with E-state index in [1.165, 1.54) is 0 Å². The second-order valence-corrected chi connectivity index (χ2v) is 10.7. The molecule has 3 nitrogen and oxygen atoms in total. The van der Waals surface area contributed by atoms with Crippen molar-refractivity contribution in [2.24, 2.45) is 0 Å². The van der Waals surface area contributed by atoms with Crippen molar-refractivity contribution < 1.29 is 14.3 Å². The Morgan fingerprint density at radius 1 is 0.536 bits per heavy atom. The van der Waals surface area contributed by atoms with Gasteiger partial charge in [0.1, 0.15) is 0 Å². The van der Waals surface area contributed by atoms with Gasteiger partial charge in [-0.05, 0) is 0 Å². The van der Waals surface area contributed by atoms with Crippen LogP contribution in [0, 0.1) is 41.5 Å². The Morgan fingerprint density at radius 3 is 1.14 bits per heavy atom. The van der Waals surface area contributed by atoms with Gasteiger partial charge in [-0.15, -0.1) is 0 Å². The van der Waals surface area contributed by atoms with E-state index in [1.54, 1.807) is 0 Å². The molecular formula is C24H29O3P. The van der Waals surface area contributed by atoms with Crippen LogP contribution >= 0.6 is 7.28 Å². The maximum atomic E-state index is 12.3. The fourth-order valence-electron chi connectivity index (χ4n) is 4.20. The standard InChI is InChI=1S/C24H29O3P/c1-16-10-7-11-17(2)22(16)27-28(25,26,23-18(3)12-8-13-19(23)4)24-20(5)14-9-15-21(24)6/h7-15,25-26H,1-6H3. The minimum absolute atomic E-state index is 0.480. The number of para-hydroxylation sites is 1. The van der Waals surface area contributed by atoms with Gasteiger partial charge in [0, 0.05) is 0 Å². The van der Waals surface area contributed by atoms with E-state index in [0.29, 0.717) is 16.4 Å². The fraction of sp³-hybridized carbons (Fsp3) is 0.250.